The van der Waals surface area contributed by atoms with E-state index in [1.165, 1.54) is 0 Å². The standard InChI is InChI=1S/C8H9F6N3OS/c1-2-15-5-4(16-17-19-5)3-18-6(7(9,10)11)8(12,13)14/h6,15H,2-3H2,1H3. The Labute approximate surface area is 107 Å². The molecule has 1 aromatic rings. The van der Waals surface area contributed by atoms with E-state index < -0.39 is 25.1 Å². The summed E-state index contributed by atoms with van der Waals surface area (Å²) in [7, 11) is 0. The highest BCUT2D eigenvalue weighted by molar-refractivity contribution is 7.10. The Bertz CT molecular complexity index is 390. The first kappa shape index (κ1) is 16.0. The predicted octanol–water partition coefficient (Wildman–Crippen LogP) is 2.98. The number of ether oxygens (including phenoxy) is 1. The van der Waals surface area contributed by atoms with Crippen LogP contribution in [0.15, 0.2) is 0 Å². The largest absolute Gasteiger partial charge is 0.423 e. The first-order chi connectivity index (χ1) is 8.66. The van der Waals surface area contributed by atoms with Crippen LogP contribution in [-0.2, 0) is 11.3 Å². The Balaban J connectivity index is 2.74. The van der Waals surface area contributed by atoms with Gasteiger partial charge < -0.3 is 10.1 Å². The second-order valence-electron chi connectivity index (χ2n) is 3.35. The number of aromatic nitrogens is 2. The van der Waals surface area contributed by atoms with Gasteiger partial charge in [-0.25, -0.2) is 0 Å². The van der Waals surface area contributed by atoms with Gasteiger partial charge in [-0.2, -0.15) is 26.3 Å². The average Bonchev–Trinajstić information content (AvgIpc) is 2.62. The summed E-state index contributed by atoms with van der Waals surface area (Å²) in [6.07, 6.45) is -14.9. The first-order valence-corrected chi connectivity index (χ1v) is 5.73. The van der Waals surface area contributed by atoms with Gasteiger partial charge in [-0.1, -0.05) is 4.49 Å². The van der Waals surface area contributed by atoms with Crippen LogP contribution >= 0.6 is 11.5 Å². The van der Waals surface area contributed by atoms with E-state index in [-0.39, 0.29) is 10.7 Å². The number of halogens is 6. The molecule has 0 aromatic carbocycles. The number of hydrogen-bond donors (Lipinski definition) is 1. The molecule has 0 saturated heterocycles. The van der Waals surface area contributed by atoms with E-state index in [1.54, 1.807) is 6.92 Å². The van der Waals surface area contributed by atoms with Crippen LogP contribution in [0.25, 0.3) is 0 Å². The fourth-order valence-electron chi connectivity index (χ4n) is 1.13. The SMILES string of the molecule is CCNc1snnc1COC(C(F)(F)F)C(F)(F)F. The molecule has 0 radical (unpaired) electrons. The van der Waals surface area contributed by atoms with Crippen LogP contribution in [0.2, 0.25) is 0 Å². The van der Waals surface area contributed by atoms with E-state index in [1.807, 2.05) is 0 Å². The number of anilines is 1. The Kier molecular flexibility index (Phi) is 4.96. The number of rotatable bonds is 5. The summed E-state index contributed by atoms with van der Waals surface area (Å²) in [4.78, 5) is 0. The number of nitrogens with zero attached hydrogens (tertiary/aromatic N) is 2. The topological polar surface area (TPSA) is 47.0 Å². The van der Waals surface area contributed by atoms with Crippen LogP contribution in [0.3, 0.4) is 0 Å². The number of hydrogen-bond acceptors (Lipinski definition) is 5. The van der Waals surface area contributed by atoms with Gasteiger partial charge in [0, 0.05) is 18.1 Å². The summed E-state index contributed by atoms with van der Waals surface area (Å²) < 4.78 is 80.5. The summed E-state index contributed by atoms with van der Waals surface area (Å²) in [5.41, 5.74) is -0.0923. The van der Waals surface area contributed by atoms with Crippen LogP contribution in [0.5, 0.6) is 0 Å². The molecule has 0 aliphatic carbocycles. The molecule has 19 heavy (non-hydrogen) atoms. The Hall–Kier alpha value is -1.10. The Morgan fingerprint density at radius 2 is 1.79 bits per heavy atom. The fraction of sp³-hybridized carbons (Fsp3) is 0.750. The minimum Gasteiger partial charge on any atom is -0.374 e. The highest BCUT2D eigenvalue weighted by atomic mass is 32.1. The van der Waals surface area contributed by atoms with Gasteiger partial charge in [0.2, 0.25) is 6.10 Å². The van der Waals surface area contributed by atoms with Crippen LogP contribution in [0.1, 0.15) is 12.6 Å². The molecular weight excluding hydrogens is 300 g/mol. The highest BCUT2D eigenvalue weighted by Crippen LogP contribution is 2.36. The van der Waals surface area contributed by atoms with Gasteiger partial charge in [-0.05, 0) is 6.92 Å². The lowest BCUT2D eigenvalue weighted by Gasteiger charge is -2.22. The molecule has 0 amide bonds. The molecule has 110 valence electrons. The molecule has 0 aliphatic heterocycles. The first-order valence-electron chi connectivity index (χ1n) is 4.96. The minimum atomic E-state index is -5.53. The van der Waals surface area contributed by atoms with Crippen molar-refractivity contribution in [3.8, 4) is 0 Å². The van der Waals surface area contributed by atoms with E-state index >= 15 is 0 Å². The smallest absolute Gasteiger partial charge is 0.374 e. The molecule has 0 atom stereocenters. The van der Waals surface area contributed by atoms with Crippen molar-refractivity contribution in [1.82, 2.24) is 9.59 Å². The molecule has 1 N–H and O–H groups in total. The maximum absolute atomic E-state index is 12.2. The summed E-state index contributed by atoms with van der Waals surface area (Å²) in [5, 5.41) is 6.41. The third kappa shape index (κ3) is 4.49. The van der Waals surface area contributed by atoms with Crippen LogP contribution < -0.4 is 5.32 Å². The van der Waals surface area contributed by atoms with Gasteiger partial charge >= 0.3 is 12.4 Å². The van der Waals surface area contributed by atoms with Crippen molar-refractivity contribution in [2.24, 2.45) is 0 Å². The van der Waals surface area contributed by atoms with Gasteiger partial charge in [-0.15, -0.1) is 5.10 Å². The van der Waals surface area contributed by atoms with E-state index in [0.717, 1.165) is 11.5 Å². The lowest BCUT2D eigenvalue weighted by atomic mass is 10.3. The van der Waals surface area contributed by atoms with Crippen molar-refractivity contribution >= 4 is 16.5 Å². The fourth-order valence-corrected chi connectivity index (χ4v) is 1.77. The molecule has 4 nitrogen and oxygen atoms in total. The molecular formula is C8H9F6N3OS. The van der Waals surface area contributed by atoms with E-state index in [0.29, 0.717) is 6.54 Å². The van der Waals surface area contributed by atoms with Gasteiger partial charge in [0.1, 0.15) is 10.7 Å². The van der Waals surface area contributed by atoms with Crippen LogP contribution in [0, 0.1) is 0 Å². The van der Waals surface area contributed by atoms with Crippen molar-refractivity contribution < 1.29 is 31.1 Å². The highest BCUT2D eigenvalue weighted by Gasteiger charge is 2.58. The van der Waals surface area contributed by atoms with Gasteiger partial charge in [0.25, 0.3) is 0 Å². The third-order valence-corrected chi connectivity index (χ3v) is 2.60. The van der Waals surface area contributed by atoms with E-state index in [4.69, 9.17) is 0 Å². The van der Waals surface area contributed by atoms with Crippen molar-refractivity contribution in [3.63, 3.8) is 0 Å². The second kappa shape index (κ2) is 5.90. The van der Waals surface area contributed by atoms with Crippen molar-refractivity contribution in [2.45, 2.75) is 32.0 Å². The van der Waals surface area contributed by atoms with Gasteiger partial charge in [0.05, 0.1) is 6.61 Å². The molecule has 1 heterocycles. The average molecular weight is 309 g/mol. The maximum Gasteiger partial charge on any atom is 0.423 e. The molecule has 0 bridgehead atoms. The zero-order valence-electron chi connectivity index (χ0n) is 9.47. The zero-order chi connectivity index (χ0) is 14.7. The molecule has 0 fully saturated rings. The number of alkyl halides is 6. The summed E-state index contributed by atoms with van der Waals surface area (Å²) >= 11 is 0.826. The minimum absolute atomic E-state index is 0.0923. The monoisotopic (exact) mass is 309 g/mol. The van der Waals surface area contributed by atoms with E-state index in [2.05, 4.69) is 19.6 Å². The lowest BCUT2D eigenvalue weighted by molar-refractivity contribution is -0.324. The van der Waals surface area contributed by atoms with Crippen molar-refractivity contribution in [3.05, 3.63) is 5.69 Å². The van der Waals surface area contributed by atoms with Crippen LogP contribution in [-0.4, -0.2) is 34.6 Å². The molecule has 1 aromatic heterocycles. The molecule has 0 aliphatic rings. The molecule has 1 rings (SSSR count). The number of nitrogens with one attached hydrogen (secondary N) is 1. The lowest BCUT2D eigenvalue weighted by Crippen LogP contribution is -2.44. The summed E-state index contributed by atoms with van der Waals surface area (Å²) in [6, 6.07) is 0. The second-order valence-corrected chi connectivity index (χ2v) is 4.11. The molecule has 0 saturated carbocycles. The Morgan fingerprint density at radius 1 is 1.21 bits per heavy atom. The summed E-state index contributed by atoms with van der Waals surface area (Å²) in [5.74, 6) is 0. The summed E-state index contributed by atoms with van der Waals surface area (Å²) in [6.45, 7) is 1.21. The quantitative estimate of drug-likeness (QED) is 0.850. The Morgan fingerprint density at radius 3 is 2.26 bits per heavy atom. The maximum atomic E-state index is 12.2. The van der Waals surface area contributed by atoms with Gasteiger partial charge in [0.15, 0.2) is 0 Å². The normalized spacial score (nSPS) is 13.1. The van der Waals surface area contributed by atoms with E-state index in [9.17, 15) is 26.3 Å². The van der Waals surface area contributed by atoms with Gasteiger partial charge in [-0.3, -0.25) is 0 Å². The zero-order valence-corrected chi connectivity index (χ0v) is 10.3. The van der Waals surface area contributed by atoms with Crippen LogP contribution in [0.4, 0.5) is 31.3 Å². The predicted molar refractivity (Wildman–Crippen MR) is 54.8 cm³/mol. The molecule has 0 unspecified atom stereocenters. The molecule has 11 heteroatoms. The van der Waals surface area contributed by atoms with Crippen molar-refractivity contribution in [1.29, 1.82) is 0 Å². The molecule has 0 spiro atoms. The third-order valence-electron chi connectivity index (χ3n) is 1.87. The van der Waals surface area contributed by atoms with Crippen molar-refractivity contribution in [2.75, 3.05) is 11.9 Å².